The van der Waals surface area contributed by atoms with Crippen LogP contribution in [0.1, 0.15) is 20.8 Å². The number of hydrogen-bond acceptors (Lipinski definition) is 2. The van der Waals surface area contributed by atoms with Crippen LogP contribution >= 0.6 is 15.9 Å². The van der Waals surface area contributed by atoms with Crippen molar-refractivity contribution in [3.8, 4) is 0 Å². The van der Waals surface area contributed by atoms with Crippen molar-refractivity contribution in [1.29, 1.82) is 0 Å². The van der Waals surface area contributed by atoms with Gasteiger partial charge < -0.3 is 15.5 Å². The minimum absolute atomic E-state index is 0.0589. The van der Waals surface area contributed by atoms with Crippen LogP contribution in [0.2, 0.25) is 0 Å². The van der Waals surface area contributed by atoms with Gasteiger partial charge in [-0.3, -0.25) is 9.59 Å². The van der Waals surface area contributed by atoms with Gasteiger partial charge in [0.25, 0.3) is 11.8 Å². The van der Waals surface area contributed by atoms with Crippen LogP contribution < -0.4 is 15.5 Å². The van der Waals surface area contributed by atoms with E-state index in [2.05, 4.69) is 26.6 Å². The van der Waals surface area contributed by atoms with E-state index in [0.717, 1.165) is 15.1 Å². The average molecular weight is 357 g/mol. The largest absolute Gasteiger partial charge is 0.347 e. The second kappa shape index (κ2) is 7.56. The smallest absolute Gasteiger partial charge is 0.279 e. The van der Waals surface area contributed by atoms with Crippen LogP contribution in [-0.4, -0.2) is 37.5 Å². The Labute approximate surface area is 134 Å². The van der Waals surface area contributed by atoms with Gasteiger partial charge in [-0.25, -0.2) is 0 Å². The number of nitrogens with one attached hydrogen (secondary N) is 3. The lowest BCUT2D eigenvalue weighted by Crippen LogP contribution is -3.11. The summed E-state index contributed by atoms with van der Waals surface area (Å²) < 4.78 is 0.960. The predicted molar refractivity (Wildman–Crippen MR) is 87.3 cm³/mol. The van der Waals surface area contributed by atoms with E-state index in [-0.39, 0.29) is 30.4 Å². The summed E-state index contributed by atoms with van der Waals surface area (Å²) in [6.07, 6.45) is 0. The number of likely N-dealkylation sites (N-methyl/N-ethyl adjacent to an activating group) is 1. The molecule has 0 aromatic heterocycles. The minimum Gasteiger partial charge on any atom is -0.347 e. The summed E-state index contributed by atoms with van der Waals surface area (Å²) in [5.41, 5.74) is 0.493. The van der Waals surface area contributed by atoms with E-state index in [1.165, 1.54) is 0 Å². The third-order valence-corrected chi connectivity index (χ3v) is 3.10. The summed E-state index contributed by atoms with van der Waals surface area (Å²) in [5, 5.41) is 5.69. The highest BCUT2D eigenvalue weighted by molar-refractivity contribution is 9.10. The van der Waals surface area contributed by atoms with E-state index < -0.39 is 0 Å². The third kappa shape index (κ3) is 7.82. The Morgan fingerprint density at radius 1 is 1.10 bits per heavy atom. The first-order valence-electron chi connectivity index (χ1n) is 6.83. The fraction of sp³-hybridized carbons (Fsp3) is 0.467. The van der Waals surface area contributed by atoms with Gasteiger partial charge in [0.2, 0.25) is 0 Å². The zero-order chi connectivity index (χ0) is 16.0. The highest BCUT2D eigenvalue weighted by atomic mass is 79.9. The Balaban J connectivity index is 2.40. The maximum absolute atomic E-state index is 11.9. The summed E-state index contributed by atoms with van der Waals surface area (Å²) in [7, 11) is 1.82. The quantitative estimate of drug-likeness (QED) is 0.731. The topological polar surface area (TPSA) is 62.6 Å². The van der Waals surface area contributed by atoms with Crippen molar-refractivity contribution < 1.29 is 14.5 Å². The van der Waals surface area contributed by atoms with Crippen molar-refractivity contribution in [3.63, 3.8) is 0 Å². The fourth-order valence-electron chi connectivity index (χ4n) is 1.81. The second-order valence-corrected chi connectivity index (χ2v) is 7.08. The number of carbonyl (C=O) groups is 2. The average Bonchev–Trinajstić information content (AvgIpc) is 2.28. The molecular formula is C15H23BrN3O2+. The van der Waals surface area contributed by atoms with Crippen LogP contribution in [-0.2, 0) is 9.59 Å². The minimum atomic E-state index is -0.253. The summed E-state index contributed by atoms with van der Waals surface area (Å²) in [6, 6.07) is 7.37. The van der Waals surface area contributed by atoms with Crippen LogP contribution in [0, 0.1) is 0 Å². The van der Waals surface area contributed by atoms with Gasteiger partial charge >= 0.3 is 0 Å². The lowest BCUT2D eigenvalue weighted by Gasteiger charge is -2.21. The van der Waals surface area contributed by atoms with Crippen molar-refractivity contribution in [1.82, 2.24) is 5.32 Å². The Kier molecular flexibility index (Phi) is 6.36. The molecule has 0 spiro atoms. The summed E-state index contributed by atoms with van der Waals surface area (Å²) in [5.74, 6) is -0.171. The molecule has 0 saturated carbocycles. The summed E-state index contributed by atoms with van der Waals surface area (Å²) >= 11 is 3.34. The molecule has 116 valence electrons. The van der Waals surface area contributed by atoms with Crippen LogP contribution in [0.15, 0.2) is 28.7 Å². The van der Waals surface area contributed by atoms with Gasteiger partial charge in [0, 0.05) is 15.7 Å². The predicted octanol–water partition coefficient (Wildman–Crippen LogP) is 0.817. The number of carbonyl (C=O) groups excluding carboxylic acids is 2. The first-order valence-corrected chi connectivity index (χ1v) is 7.63. The molecule has 0 aliphatic carbocycles. The van der Waals surface area contributed by atoms with Crippen molar-refractivity contribution >= 4 is 33.4 Å². The van der Waals surface area contributed by atoms with E-state index in [4.69, 9.17) is 0 Å². The van der Waals surface area contributed by atoms with Crippen molar-refractivity contribution in [2.45, 2.75) is 26.3 Å². The molecule has 1 unspecified atom stereocenters. The van der Waals surface area contributed by atoms with E-state index in [1.807, 2.05) is 52.1 Å². The standard InChI is InChI=1S/C15H22BrN3O2/c1-15(2,3)18-14(21)10-19(4)9-13(20)17-12-7-5-11(16)6-8-12/h5-8H,9-10H2,1-4H3,(H,17,20)(H,18,21)/p+1. The number of anilines is 1. The molecule has 0 heterocycles. The van der Waals surface area contributed by atoms with Crippen LogP contribution in [0.5, 0.6) is 0 Å². The molecule has 1 atom stereocenters. The van der Waals surface area contributed by atoms with Crippen LogP contribution in [0.3, 0.4) is 0 Å². The molecule has 1 rings (SSSR count). The highest BCUT2D eigenvalue weighted by Crippen LogP contribution is 2.13. The number of quaternary nitrogens is 1. The van der Waals surface area contributed by atoms with E-state index >= 15 is 0 Å². The Morgan fingerprint density at radius 3 is 2.14 bits per heavy atom. The number of hydrogen-bond donors (Lipinski definition) is 3. The summed E-state index contributed by atoms with van der Waals surface area (Å²) in [4.78, 5) is 24.5. The van der Waals surface area contributed by atoms with E-state index in [0.29, 0.717) is 0 Å². The Bertz CT molecular complexity index is 495. The molecule has 2 amide bonds. The number of rotatable bonds is 5. The van der Waals surface area contributed by atoms with Gasteiger partial charge in [-0.15, -0.1) is 0 Å². The first kappa shape index (κ1) is 17.7. The molecule has 1 aromatic rings. The molecular weight excluding hydrogens is 334 g/mol. The molecule has 0 aliphatic heterocycles. The zero-order valence-electron chi connectivity index (χ0n) is 12.9. The third-order valence-electron chi connectivity index (χ3n) is 2.57. The van der Waals surface area contributed by atoms with E-state index in [9.17, 15) is 9.59 Å². The Hall–Kier alpha value is -1.40. The van der Waals surface area contributed by atoms with E-state index in [1.54, 1.807) is 0 Å². The maximum atomic E-state index is 11.9. The lowest BCUT2D eigenvalue weighted by molar-refractivity contribution is -0.862. The fourth-order valence-corrected chi connectivity index (χ4v) is 2.08. The Morgan fingerprint density at radius 2 is 1.62 bits per heavy atom. The van der Waals surface area contributed by atoms with Crippen LogP contribution in [0.4, 0.5) is 5.69 Å². The maximum Gasteiger partial charge on any atom is 0.279 e. The van der Waals surface area contributed by atoms with Crippen molar-refractivity contribution in [2.75, 3.05) is 25.5 Å². The van der Waals surface area contributed by atoms with Crippen molar-refractivity contribution in [3.05, 3.63) is 28.7 Å². The molecule has 21 heavy (non-hydrogen) atoms. The molecule has 3 N–H and O–H groups in total. The van der Waals surface area contributed by atoms with Gasteiger partial charge in [0.05, 0.1) is 7.05 Å². The normalized spacial score (nSPS) is 12.6. The molecule has 1 aromatic carbocycles. The highest BCUT2D eigenvalue weighted by Gasteiger charge is 2.18. The molecule has 0 saturated heterocycles. The van der Waals surface area contributed by atoms with Gasteiger partial charge in [-0.05, 0) is 45.0 Å². The van der Waals surface area contributed by atoms with Gasteiger partial charge in [0.1, 0.15) is 0 Å². The van der Waals surface area contributed by atoms with Crippen LogP contribution in [0.25, 0.3) is 0 Å². The molecule has 5 nitrogen and oxygen atoms in total. The number of halogens is 1. The first-order chi connectivity index (χ1) is 9.65. The summed E-state index contributed by atoms with van der Waals surface area (Å²) in [6.45, 7) is 6.31. The molecule has 6 heteroatoms. The molecule has 0 bridgehead atoms. The zero-order valence-corrected chi connectivity index (χ0v) is 14.5. The number of amides is 2. The van der Waals surface area contributed by atoms with Gasteiger partial charge in [-0.2, -0.15) is 0 Å². The van der Waals surface area contributed by atoms with Gasteiger partial charge in [-0.1, -0.05) is 15.9 Å². The molecule has 0 radical (unpaired) electrons. The second-order valence-electron chi connectivity index (χ2n) is 6.16. The lowest BCUT2D eigenvalue weighted by atomic mass is 10.1. The molecule has 0 aliphatic rings. The number of benzene rings is 1. The van der Waals surface area contributed by atoms with Crippen molar-refractivity contribution in [2.24, 2.45) is 0 Å². The van der Waals surface area contributed by atoms with Gasteiger partial charge in [0.15, 0.2) is 13.1 Å². The monoisotopic (exact) mass is 356 g/mol. The molecule has 0 fully saturated rings. The SMILES string of the molecule is C[NH+](CC(=O)Nc1ccc(Br)cc1)CC(=O)NC(C)(C)C.